The van der Waals surface area contributed by atoms with E-state index in [1.165, 1.54) is 6.20 Å². The lowest BCUT2D eigenvalue weighted by molar-refractivity contribution is 0.609. The maximum atomic E-state index is 13.4. The van der Waals surface area contributed by atoms with E-state index in [4.69, 9.17) is 0 Å². The van der Waals surface area contributed by atoms with Crippen molar-refractivity contribution in [2.24, 2.45) is 0 Å². The van der Waals surface area contributed by atoms with Crippen LogP contribution in [0.4, 0.5) is 10.2 Å². The van der Waals surface area contributed by atoms with E-state index in [-0.39, 0.29) is 5.82 Å². The number of hydrogen-bond donors (Lipinski definition) is 1. The second-order valence-electron chi connectivity index (χ2n) is 4.55. The first-order valence-electron chi connectivity index (χ1n) is 6.93. The molecule has 106 valence electrons. The third-order valence-corrected chi connectivity index (χ3v) is 2.79. The highest BCUT2D eigenvalue weighted by molar-refractivity contribution is 5.47. The minimum Gasteiger partial charge on any atom is -0.353 e. The van der Waals surface area contributed by atoms with E-state index in [1.54, 1.807) is 6.07 Å². The van der Waals surface area contributed by atoms with Crippen molar-refractivity contribution in [3.8, 4) is 0 Å². The zero-order chi connectivity index (χ0) is 14.1. The Kier molecular flexibility index (Phi) is 7.11. The van der Waals surface area contributed by atoms with E-state index in [1.807, 2.05) is 6.08 Å². The zero-order valence-corrected chi connectivity index (χ0v) is 12.0. The average Bonchev–Trinajstić information content (AvgIpc) is 2.39. The van der Waals surface area contributed by atoms with Gasteiger partial charge >= 0.3 is 0 Å². The van der Waals surface area contributed by atoms with Crippen LogP contribution in [-0.2, 0) is 6.54 Å². The number of rotatable bonds is 9. The van der Waals surface area contributed by atoms with Gasteiger partial charge in [0.05, 0.1) is 6.20 Å². The fraction of sp³-hybridized carbons (Fsp3) is 0.533. The Morgan fingerprint density at radius 2 is 2.21 bits per heavy atom. The van der Waals surface area contributed by atoms with Gasteiger partial charge in [-0.25, -0.2) is 9.37 Å². The van der Waals surface area contributed by atoms with Crippen LogP contribution in [0, 0.1) is 5.82 Å². The van der Waals surface area contributed by atoms with E-state index in [9.17, 15) is 4.39 Å². The van der Waals surface area contributed by atoms with Crippen LogP contribution in [0.3, 0.4) is 0 Å². The first kappa shape index (κ1) is 15.6. The van der Waals surface area contributed by atoms with Gasteiger partial charge in [-0.2, -0.15) is 0 Å². The molecule has 0 amide bonds. The van der Waals surface area contributed by atoms with E-state index in [0.717, 1.165) is 43.9 Å². The second-order valence-corrected chi connectivity index (χ2v) is 4.55. The number of aromatic nitrogens is 1. The molecule has 1 rings (SSSR count). The summed E-state index contributed by atoms with van der Waals surface area (Å²) >= 11 is 0. The Labute approximate surface area is 115 Å². The summed E-state index contributed by atoms with van der Waals surface area (Å²) < 4.78 is 13.4. The highest BCUT2D eigenvalue weighted by Crippen LogP contribution is 2.19. The van der Waals surface area contributed by atoms with Gasteiger partial charge in [-0.3, -0.25) is 0 Å². The van der Waals surface area contributed by atoms with E-state index >= 15 is 0 Å². The fourth-order valence-corrected chi connectivity index (χ4v) is 2.00. The van der Waals surface area contributed by atoms with Crippen molar-refractivity contribution in [3.63, 3.8) is 0 Å². The van der Waals surface area contributed by atoms with Gasteiger partial charge in [0.25, 0.3) is 0 Å². The lowest BCUT2D eigenvalue weighted by Crippen LogP contribution is -2.27. The van der Waals surface area contributed by atoms with Crippen molar-refractivity contribution in [3.05, 3.63) is 36.3 Å². The molecule has 0 unspecified atom stereocenters. The second kappa shape index (κ2) is 8.64. The summed E-state index contributed by atoms with van der Waals surface area (Å²) in [5.41, 5.74) is 0.906. The van der Waals surface area contributed by atoms with Crippen LogP contribution in [0.2, 0.25) is 0 Å². The number of nitrogens with zero attached hydrogens (tertiary/aromatic N) is 2. The van der Waals surface area contributed by atoms with Gasteiger partial charge < -0.3 is 10.2 Å². The smallest absolute Gasteiger partial charge is 0.141 e. The quantitative estimate of drug-likeness (QED) is 0.549. The predicted molar refractivity (Wildman–Crippen MR) is 78.9 cm³/mol. The molecule has 4 heteroatoms. The van der Waals surface area contributed by atoms with Crippen molar-refractivity contribution >= 4 is 5.82 Å². The molecule has 0 aliphatic heterocycles. The lowest BCUT2D eigenvalue weighted by Gasteiger charge is -2.24. The molecule has 1 aromatic rings. The first-order chi connectivity index (χ1) is 9.22. The van der Waals surface area contributed by atoms with Crippen LogP contribution < -0.4 is 10.2 Å². The van der Waals surface area contributed by atoms with E-state index in [2.05, 4.69) is 35.6 Å². The van der Waals surface area contributed by atoms with Gasteiger partial charge in [0.1, 0.15) is 11.6 Å². The molecule has 1 heterocycles. The molecular formula is C15H24FN3. The lowest BCUT2D eigenvalue weighted by atomic mass is 10.2. The Bertz CT molecular complexity index is 393. The summed E-state index contributed by atoms with van der Waals surface area (Å²) in [7, 11) is 0. The Balaban J connectivity index is 2.91. The predicted octanol–water partition coefficient (Wildman–Crippen LogP) is 3.12. The molecule has 1 aromatic heterocycles. The van der Waals surface area contributed by atoms with Crippen LogP contribution in [0.5, 0.6) is 0 Å². The summed E-state index contributed by atoms with van der Waals surface area (Å²) in [5.74, 6) is 0.568. The molecule has 0 saturated carbocycles. The van der Waals surface area contributed by atoms with Crippen molar-refractivity contribution in [2.45, 2.75) is 33.2 Å². The van der Waals surface area contributed by atoms with Gasteiger partial charge in [0.2, 0.25) is 0 Å². The van der Waals surface area contributed by atoms with Gasteiger partial charge in [-0.15, -0.1) is 6.58 Å². The molecule has 1 N–H and O–H groups in total. The van der Waals surface area contributed by atoms with Crippen LogP contribution in [0.1, 0.15) is 32.3 Å². The molecule has 0 aliphatic carbocycles. The molecule has 0 bridgehead atoms. The van der Waals surface area contributed by atoms with Crippen molar-refractivity contribution in [2.75, 3.05) is 24.5 Å². The normalized spacial score (nSPS) is 10.5. The maximum Gasteiger partial charge on any atom is 0.141 e. The van der Waals surface area contributed by atoms with E-state index in [0.29, 0.717) is 6.54 Å². The van der Waals surface area contributed by atoms with Gasteiger partial charge in [-0.1, -0.05) is 19.9 Å². The van der Waals surface area contributed by atoms with E-state index < -0.39 is 0 Å². The standard InChI is InChI=1S/C15H24FN3/c1-4-7-17-11-13-10-14(16)12-18-15(13)19(8-5-2)9-6-3/h5,10,12,17H,2,4,6-9,11H2,1,3H3. The summed E-state index contributed by atoms with van der Waals surface area (Å²) in [6, 6.07) is 1.57. The summed E-state index contributed by atoms with van der Waals surface area (Å²) in [5, 5.41) is 3.30. The number of halogens is 1. The third kappa shape index (κ3) is 4.99. The highest BCUT2D eigenvalue weighted by Gasteiger charge is 2.12. The molecule has 0 aliphatic rings. The minimum absolute atomic E-state index is 0.285. The van der Waals surface area contributed by atoms with Crippen LogP contribution >= 0.6 is 0 Å². The number of pyridine rings is 1. The van der Waals surface area contributed by atoms with Gasteiger partial charge in [-0.05, 0) is 25.5 Å². The van der Waals surface area contributed by atoms with Crippen molar-refractivity contribution in [1.29, 1.82) is 0 Å². The zero-order valence-electron chi connectivity index (χ0n) is 12.0. The Hall–Kier alpha value is -1.42. The molecule has 3 nitrogen and oxygen atoms in total. The fourth-order valence-electron chi connectivity index (χ4n) is 2.00. The largest absolute Gasteiger partial charge is 0.353 e. The van der Waals surface area contributed by atoms with Crippen molar-refractivity contribution < 1.29 is 4.39 Å². The summed E-state index contributed by atoms with van der Waals surface area (Å²) in [6.45, 7) is 11.2. The molecule has 0 aromatic carbocycles. The molecular weight excluding hydrogens is 241 g/mol. The minimum atomic E-state index is -0.285. The molecule has 0 atom stereocenters. The Morgan fingerprint density at radius 1 is 1.42 bits per heavy atom. The highest BCUT2D eigenvalue weighted by atomic mass is 19.1. The van der Waals surface area contributed by atoms with Crippen LogP contribution in [0.25, 0.3) is 0 Å². The van der Waals surface area contributed by atoms with Gasteiger partial charge in [0, 0.05) is 25.2 Å². The van der Waals surface area contributed by atoms with Crippen LogP contribution in [-0.4, -0.2) is 24.6 Å². The molecule has 0 saturated heterocycles. The number of nitrogens with one attached hydrogen (secondary N) is 1. The number of anilines is 1. The topological polar surface area (TPSA) is 28.2 Å². The average molecular weight is 265 g/mol. The Morgan fingerprint density at radius 3 is 2.84 bits per heavy atom. The maximum absolute atomic E-state index is 13.4. The third-order valence-electron chi connectivity index (χ3n) is 2.79. The SMILES string of the molecule is C=CCN(CCC)c1ncc(F)cc1CNCCC. The van der Waals surface area contributed by atoms with Crippen LogP contribution in [0.15, 0.2) is 24.9 Å². The summed E-state index contributed by atoms with van der Waals surface area (Å²) in [4.78, 5) is 6.39. The molecule has 0 spiro atoms. The number of hydrogen-bond acceptors (Lipinski definition) is 3. The van der Waals surface area contributed by atoms with Crippen molar-refractivity contribution in [1.82, 2.24) is 10.3 Å². The first-order valence-corrected chi connectivity index (χ1v) is 6.93. The van der Waals surface area contributed by atoms with Gasteiger partial charge in [0.15, 0.2) is 0 Å². The summed E-state index contributed by atoms with van der Waals surface area (Å²) in [6.07, 6.45) is 5.21. The molecule has 0 fully saturated rings. The molecule has 19 heavy (non-hydrogen) atoms. The molecule has 0 radical (unpaired) electrons. The monoisotopic (exact) mass is 265 g/mol.